The molecule has 0 aromatic heterocycles. The normalized spacial score (nSPS) is 14.8. The number of hydrogen-bond acceptors (Lipinski definition) is 19. The Bertz CT molecular complexity index is 3340. The van der Waals surface area contributed by atoms with Crippen LogP contribution in [0.2, 0.25) is 0 Å². The molecule has 0 bridgehead atoms. The van der Waals surface area contributed by atoms with E-state index < -0.39 is 74.6 Å². The molecule has 0 saturated heterocycles. The Labute approximate surface area is 367 Å². The number of nitrogens with zero attached hydrogens (tertiary/aromatic N) is 6. The molecular weight excluding hydrogens is 912 g/mol. The molecule has 0 spiro atoms. The minimum atomic E-state index is -5.11. The van der Waals surface area contributed by atoms with Gasteiger partial charge in [-0.25, -0.2) is 16.8 Å². The molecule has 0 aliphatic heterocycles. The first kappa shape index (κ1) is 45.2. The maximum atomic E-state index is 12.5. The Balaban J connectivity index is 0.000000272. The Morgan fingerprint density at radius 1 is 0.619 bits per heavy atom. The Hall–Kier alpha value is -7.35. The third-order valence-corrected chi connectivity index (χ3v) is 11.0. The second-order valence-electron chi connectivity index (χ2n) is 13.0. The van der Waals surface area contributed by atoms with Crippen LogP contribution < -0.4 is 15.4 Å². The molecule has 318 valence electrons. The molecule has 8 rings (SSSR count). The van der Waals surface area contributed by atoms with Gasteiger partial charge in [-0.15, -0.1) is 10.2 Å². The van der Waals surface area contributed by atoms with E-state index in [0.717, 1.165) is 36.4 Å². The smallest absolute Gasteiger partial charge is 0.871 e. The Morgan fingerprint density at radius 3 is 1.94 bits per heavy atom. The quantitative estimate of drug-likeness (QED) is 0.0844. The SMILES string of the molecule is O=C1C=Cc2ccccc2C1=NN=C1C(=O)C=C(S(=O)(=O)[O-])c2cc(N([O-])[O-])ccc21.O=[N+]([O-])c1ccc2c(N=Nc3c([O-])ccc4ccccc34)c([O-])cc(S(=O)(=O)[O-])c2c1.[Co+3].[H+].[H+]. The van der Waals surface area contributed by atoms with Crippen molar-refractivity contribution in [3.63, 3.8) is 0 Å². The molecule has 0 fully saturated rings. The number of benzene rings is 6. The number of azo groups is 1. The summed E-state index contributed by atoms with van der Waals surface area (Å²) in [6, 6.07) is 23.2. The maximum Gasteiger partial charge on any atom is 3.00 e. The summed E-state index contributed by atoms with van der Waals surface area (Å²) < 4.78 is 69.6. The average Bonchev–Trinajstić information content (AvgIpc) is 3.22. The predicted molar refractivity (Wildman–Crippen MR) is 220 cm³/mol. The Kier molecular flexibility index (Phi) is 12.6. The fourth-order valence-corrected chi connectivity index (χ4v) is 7.78. The van der Waals surface area contributed by atoms with Crippen LogP contribution >= 0.6 is 0 Å². The van der Waals surface area contributed by atoms with Gasteiger partial charge in [-0.1, -0.05) is 78.2 Å². The molecule has 2 aliphatic carbocycles. The number of carbonyl (C=O) groups is 2. The van der Waals surface area contributed by atoms with Crippen molar-refractivity contribution in [2.24, 2.45) is 20.4 Å². The number of allylic oxidation sites excluding steroid dienone is 2. The van der Waals surface area contributed by atoms with E-state index in [4.69, 9.17) is 0 Å². The summed E-state index contributed by atoms with van der Waals surface area (Å²) in [5.74, 6) is -2.78. The molecule has 20 nitrogen and oxygen atoms in total. The fraction of sp³-hybridized carbons (Fsp3) is 0. The van der Waals surface area contributed by atoms with Crippen LogP contribution in [-0.4, -0.2) is 53.9 Å². The number of ketones is 2. The summed E-state index contributed by atoms with van der Waals surface area (Å²) in [6.45, 7) is 0. The standard InChI is InChI=1S/C20H13N3O7S.C20H11N3O7S.Co/c2*24-16-8-5-11-3-1-2-4-13(11)19(16)21-22-20-14-7-6-12(23(26)27)9-15(14)18(10-17(20)25)31(28,29)30;/h1-10,24-25H,(H,28,29,30);1-10H,(H,28,29,30);/q;-2;+3/p-2. The van der Waals surface area contributed by atoms with Crippen LogP contribution in [0.25, 0.3) is 32.5 Å². The average molecular weight is 934 g/mol. The Morgan fingerprint density at radius 2 is 1.27 bits per heavy atom. The van der Waals surface area contributed by atoms with Crippen molar-refractivity contribution in [1.29, 1.82) is 0 Å². The molecule has 0 saturated carbocycles. The maximum absolute atomic E-state index is 12.5. The van der Waals surface area contributed by atoms with Gasteiger partial charge in [-0.05, 0) is 47.4 Å². The van der Waals surface area contributed by atoms with Crippen LogP contribution in [-0.2, 0) is 46.6 Å². The molecule has 2 aliphatic rings. The van der Waals surface area contributed by atoms with E-state index in [9.17, 15) is 66.3 Å². The van der Waals surface area contributed by atoms with Gasteiger partial charge in [0.1, 0.15) is 31.7 Å². The summed E-state index contributed by atoms with van der Waals surface area (Å²) in [5, 5.41) is 73.5. The molecule has 63 heavy (non-hydrogen) atoms. The minimum absolute atomic E-state index is 0. The van der Waals surface area contributed by atoms with Gasteiger partial charge < -0.3 is 35.0 Å². The van der Waals surface area contributed by atoms with Gasteiger partial charge in [0.2, 0.25) is 11.6 Å². The van der Waals surface area contributed by atoms with Crippen molar-refractivity contribution in [2.75, 3.05) is 5.23 Å². The van der Waals surface area contributed by atoms with E-state index in [1.807, 2.05) is 0 Å². The van der Waals surface area contributed by atoms with Crippen molar-refractivity contribution < 1.29 is 70.3 Å². The largest absolute Gasteiger partial charge is 3.00 e. The summed E-state index contributed by atoms with van der Waals surface area (Å²) in [5.41, 5.74) is -0.987. The van der Waals surface area contributed by atoms with E-state index in [1.165, 1.54) is 12.1 Å². The van der Waals surface area contributed by atoms with E-state index in [0.29, 0.717) is 34.0 Å². The zero-order chi connectivity index (χ0) is 44.7. The first-order valence-electron chi connectivity index (χ1n) is 17.3. The van der Waals surface area contributed by atoms with Crippen LogP contribution in [0.5, 0.6) is 11.5 Å². The van der Waals surface area contributed by atoms with Crippen LogP contribution in [0.3, 0.4) is 0 Å². The third-order valence-electron chi connectivity index (χ3n) is 9.23. The van der Waals surface area contributed by atoms with Gasteiger partial charge in [0, 0.05) is 56.7 Å². The molecule has 0 amide bonds. The molecule has 0 radical (unpaired) electrons. The zero-order valence-electron chi connectivity index (χ0n) is 33.1. The first-order chi connectivity index (χ1) is 29.3. The van der Waals surface area contributed by atoms with Crippen molar-refractivity contribution in [2.45, 2.75) is 4.90 Å². The molecule has 23 heteroatoms. The van der Waals surface area contributed by atoms with Gasteiger partial charge in [0.05, 0.1) is 26.1 Å². The predicted octanol–water partition coefficient (Wildman–Crippen LogP) is 5.34. The van der Waals surface area contributed by atoms with Crippen LogP contribution in [0, 0.1) is 20.5 Å². The minimum Gasteiger partial charge on any atom is -0.871 e. The number of nitro groups is 1. The van der Waals surface area contributed by atoms with Crippen LogP contribution in [0.4, 0.5) is 22.7 Å². The first-order valence-corrected chi connectivity index (χ1v) is 20.1. The van der Waals surface area contributed by atoms with E-state index in [-0.39, 0.29) is 64.3 Å². The number of non-ortho nitro benzene ring substituents is 1. The van der Waals surface area contributed by atoms with Crippen LogP contribution in [0.15, 0.2) is 141 Å². The summed E-state index contributed by atoms with van der Waals surface area (Å²) >= 11 is 0. The van der Waals surface area contributed by atoms with Crippen molar-refractivity contribution in [3.8, 4) is 11.5 Å². The summed E-state index contributed by atoms with van der Waals surface area (Å²) in [4.78, 5) is 33.3. The van der Waals surface area contributed by atoms with Gasteiger partial charge in [-0.2, -0.15) is 10.2 Å². The summed E-state index contributed by atoms with van der Waals surface area (Å²) in [6.07, 6.45) is 3.45. The number of fused-ring (bicyclic) bond motifs is 4. The number of hydrogen-bond donors (Lipinski definition) is 0. The van der Waals surface area contributed by atoms with Crippen molar-refractivity contribution in [3.05, 3.63) is 158 Å². The monoisotopic (exact) mass is 933 g/mol. The molecule has 6 aromatic rings. The summed E-state index contributed by atoms with van der Waals surface area (Å²) in [7, 11) is -10.2. The van der Waals surface area contributed by atoms with Gasteiger partial charge >= 0.3 is 19.6 Å². The van der Waals surface area contributed by atoms with E-state index in [1.54, 1.807) is 60.7 Å². The number of nitro benzene ring substituents is 1. The van der Waals surface area contributed by atoms with Crippen molar-refractivity contribution in [1.82, 2.24) is 0 Å². The number of rotatable bonds is 7. The fourth-order valence-electron chi connectivity index (χ4n) is 6.40. The van der Waals surface area contributed by atoms with Crippen molar-refractivity contribution >= 4 is 98.5 Å². The van der Waals surface area contributed by atoms with E-state index >= 15 is 0 Å². The van der Waals surface area contributed by atoms with Gasteiger partial charge in [0.25, 0.3) is 5.69 Å². The zero-order valence-corrected chi connectivity index (χ0v) is 33.8. The molecule has 0 atom stereocenters. The number of carbonyl (C=O) groups excluding carboxylic acids is 2. The second kappa shape index (κ2) is 17.6. The molecule has 0 heterocycles. The molecule has 6 aromatic carbocycles. The van der Waals surface area contributed by atoms with Crippen LogP contribution in [0.1, 0.15) is 25.1 Å². The van der Waals surface area contributed by atoms with Gasteiger partial charge in [-0.3, -0.25) is 19.7 Å². The molecular formula is C40H22CoN6O14S2-. The number of anilines is 1. The van der Waals surface area contributed by atoms with Gasteiger partial charge in [0.15, 0.2) is 0 Å². The molecule has 0 N–H and O–H groups in total. The second-order valence-corrected chi connectivity index (χ2v) is 15.7. The third kappa shape index (κ3) is 9.15. The van der Waals surface area contributed by atoms with E-state index in [2.05, 4.69) is 20.4 Å². The molecule has 0 unspecified atom stereocenters. The topological polar surface area (TPSA) is 337 Å².